The van der Waals surface area contributed by atoms with E-state index < -0.39 is 12.0 Å². The summed E-state index contributed by atoms with van der Waals surface area (Å²) in [5.74, 6) is -0.501. The molecule has 0 aliphatic carbocycles. The number of H-pyrrole nitrogens is 1. The molecular formula is C15H13N3O2. The van der Waals surface area contributed by atoms with Gasteiger partial charge in [-0.05, 0) is 17.7 Å². The fourth-order valence-corrected chi connectivity index (χ4v) is 2.09. The number of carboxylic acid groups (broad SMARTS) is 1. The number of para-hydroxylation sites is 2. The number of carbonyl (C=O) groups is 1. The van der Waals surface area contributed by atoms with Gasteiger partial charge in [0, 0.05) is 0 Å². The molecule has 0 saturated heterocycles. The van der Waals surface area contributed by atoms with E-state index >= 15 is 0 Å². The lowest BCUT2D eigenvalue weighted by molar-refractivity contribution is -0.138. The Kier molecular flexibility index (Phi) is 3.09. The van der Waals surface area contributed by atoms with Crippen LogP contribution in [0.3, 0.4) is 0 Å². The standard InChI is InChI=1S/C15H13N3O2/c19-14(20)13(10-6-2-1-3-7-10)18-15-16-11-8-4-5-9-12(11)17-15/h1-9,13H,(H,19,20)(H2,16,17,18). The van der Waals surface area contributed by atoms with Gasteiger partial charge in [0.25, 0.3) is 0 Å². The molecule has 0 fully saturated rings. The van der Waals surface area contributed by atoms with E-state index in [1.807, 2.05) is 42.5 Å². The third-order valence-electron chi connectivity index (χ3n) is 3.05. The molecule has 100 valence electrons. The van der Waals surface area contributed by atoms with Crippen LogP contribution < -0.4 is 5.32 Å². The van der Waals surface area contributed by atoms with Gasteiger partial charge in [-0.3, -0.25) is 0 Å². The van der Waals surface area contributed by atoms with Gasteiger partial charge in [0.1, 0.15) is 0 Å². The first-order valence-electron chi connectivity index (χ1n) is 6.23. The number of nitrogens with zero attached hydrogens (tertiary/aromatic N) is 1. The number of carboxylic acids is 1. The molecule has 0 saturated carbocycles. The molecule has 20 heavy (non-hydrogen) atoms. The van der Waals surface area contributed by atoms with Crippen LogP contribution in [0.25, 0.3) is 11.0 Å². The lowest BCUT2D eigenvalue weighted by atomic mass is 10.1. The molecule has 0 amide bonds. The van der Waals surface area contributed by atoms with E-state index in [0.29, 0.717) is 11.5 Å². The maximum atomic E-state index is 11.4. The highest BCUT2D eigenvalue weighted by atomic mass is 16.4. The van der Waals surface area contributed by atoms with E-state index in [4.69, 9.17) is 0 Å². The monoisotopic (exact) mass is 267 g/mol. The number of benzene rings is 2. The Hall–Kier alpha value is -2.82. The number of aromatic nitrogens is 2. The number of fused-ring (bicyclic) bond motifs is 1. The predicted molar refractivity (Wildman–Crippen MR) is 76.5 cm³/mol. The summed E-state index contributed by atoms with van der Waals surface area (Å²) >= 11 is 0. The van der Waals surface area contributed by atoms with Crippen molar-refractivity contribution < 1.29 is 9.90 Å². The van der Waals surface area contributed by atoms with Gasteiger partial charge in [0.15, 0.2) is 6.04 Å². The molecule has 0 spiro atoms. The Balaban J connectivity index is 1.92. The lowest BCUT2D eigenvalue weighted by Crippen LogP contribution is -2.21. The first kappa shape index (κ1) is 12.2. The van der Waals surface area contributed by atoms with E-state index in [1.165, 1.54) is 0 Å². The lowest BCUT2D eigenvalue weighted by Gasteiger charge is -2.13. The summed E-state index contributed by atoms with van der Waals surface area (Å²) < 4.78 is 0. The summed E-state index contributed by atoms with van der Waals surface area (Å²) in [7, 11) is 0. The molecule has 0 aliphatic rings. The Morgan fingerprint density at radius 2 is 1.80 bits per heavy atom. The third-order valence-corrected chi connectivity index (χ3v) is 3.05. The molecule has 1 atom stereocenters. The first-order chi connectivity index (χ1) is 9.74. The van der Waals surface area contributed by atoms with Crippen molar-refractivity contribution in [1.82, 2.24) is 9.97 Å². The van der Waals surface area contributed by atoms with Crippen LogP contribution >= 0.6 is 0 Å². The minimum absolute atomic E-state index is 0.447. The molecule has 5 heteroatoms. The second-order valence-electron chi connectivity index (χ2n) is 4.43. The number of aliphatic carboxylic acids is 1. The number of hydrogen-bond acceptors (Lipinski definition) is 3. The summed E-state index contributed by atoms with van der Waals surface area (Å²) in [5.41, 5.74) is 2.35. The van der Waals surface area contributed by atoms with Crippen molar-refractivity contribution in [2.45, 2.75) is 6.04 Å². The Morgan fingerprint density at radius 1 is 1.10 bits per heavy atom. The van der Waals surface area contributed by atoms with Crippen LogP contribution in [-0.2, 0) is 4.79 Å². The van der Waals surface area contributed by atoms with Gasteiger partial charge in [-0.25, -0.2) is 9.78 Å². The smallest absolute Gasteiger partial charge is 0.330 e. The van der Waals surface area contributed by atoms with Crippen LogP contribution in [0.15, 0.2) is 54.6 Å². The third kappa shape index (κ3) is 2.33. The summed E-state index contributed by atoms with van der Waals surface area (Å²) in [6.45, 7) is 0. The van der Waals surface area contributed by atoms with Crippen LogP contribution in [0.1, 0.15) is 11.6 Å². The Morgan fingerprint density at radius 3 is 2.50 bits per heavy atom. The Bertz CT molecular complexity index is 704. The maximum absolute atomic E-state index is 11.4. The normalized spacial score (nSPS) is 12.2. The number of rotatable bonds is 4. The minimum Gasteiger partial charge on any atom is -0.479 e. The number of imidazole rings is 1. The van der Waals surface area contributed by atoms with Gasteiger partial charge in [-0.2, -0.15) is 0 Å². The quantitative estimate of drug-likeness (QED) is 0.679. The number of anilines is 1. The SMILES string of the molecule is O=C(O)C(Nc1nc2ccccc2[nH]1)c1ccccc1. The number of aromatic amines is 1. The van der Waals surface area contributed by atoms with Crippen LogP contribution in [0, 0.1) is 0 Å². The van der Waals surface area contributed by atoms with Crippen LogP contribution in [-0.4, -0.2) is 21.0 Å². The average Bonchev–Trinajstić information content (AvgIpc) is 2.88. The van der Waals surface area contributed by atoms with E-state index in [2.05, 4.69) is 15.3 Å². The predicted octanol–water partition coefficient (Wildman–Crippen LogP) is 2.80. The van der Waals surface area contributed by atoms with E-state index in [-0.39, 0.29) is 0 Å². The largest absolute Gasteiger partial charge is 0.479 e. The molecule has 5 nitrogen and oxygen atoms in total. The van der Waals surface area contributed by atoms with Crippen molar-refractivity contribution in [3.05, 3.63) is 60.2 Å². The van der Waals surface area contributed by atoms with E-state index in [0.717, 1.165) is 11.0 Å². The summed E-state index contributed by atoms with van der Waals surface area (Å²) in [6.07, 6.45) is 0. The van der Waals surface area contributed by atoms with Crippen molar-refractivity contribution in [3.63, 3.8) is 0 Å². The second kappa shape index (κ2) is 5.05. The number of nitrogens with one attached hydrogen (secondary N) is 2. The Labute approximate surface area is 115 Å². The van der Waals surface area contributed by atoms with Crippen molar-refractivity contribution in [3.8, 4) is 0 Å². The van der Waals surface area contributed by atoms with Gasteiger partial charge >= 0.3 is 5.97 Å². The van der Waals surface area contributed by atoms with Gasteiger partial charge in [0.05, 0.1) is 11.0 Å². The summed E-state index contributed by atoms with van der Waals surface area (Å²) in [6, 6.07) is 15.7. The van der Waals surface area contributed by atoms with E-state index in [1.54, 1.807) is 12.1 Å². The maximum Gasteiger partial charge on any atom is 0.330 e. The van der Waals surface area contributed by atoms with Gasteiger partial charge in [-0.15, -0.1) is 0 Å². The van der Waals surface area contributed by atoms with Crippen molar-refractivity contribution in [2.24, 2.45) is 0 Å². The molecular weight excluding hydrogens is 254 g/mol. The molecule has 0 radical (unpaired) electrons. The van der Waals surface area contributed by atoms with Crippen LogP contribution in [0.5, 0.6) is 0 Å². The average molecular weight is 267 g/mol. The van der Waals surface area contributed by atoms with Crippen molar-refractivity contribution in [1.29, 1.82) is 0 Å². The second-order valence-corrected chi connectivity index (χ2v) is 4.43. The molecule has 1 heterocycles. The molecule has 1 aromatic heterocycles. The van der Waals surface area contributed by atoms with Gasteiger partial charge < -0.3 is 15.4 Å². The van der Waals surface area contributed by atoms with Gasteiger partial charge in [-0.1, -0.05) is 42.5 Å². The molecule has 3 rings (SSSR count). The molecule has 0 bridgehead atoms. The highest BCUT2D eigenvalue weighted by Crippen LogP contribution is 2.20. The minimum atomic E-state index is -0.948. The summed E-state index contributed by atoms with van der Waals surface area (Å²) in [5, 5.41) is 12.3. The molecule has 1 unspecified atom stereocenters. The highest BCUT2D eigenvalue weighted by molar-refractivity contribution is 5.81. The zero-order chi connectivity index (χ0) is 13.9. The van der Waals surface area contributed by atoms with Gasteiger partial charge in [0.2, 0.25) is 5.95 Å². The zero-order valence-electron chi connectivity index (χ0n) is 10.6. The highest BCUT2D eigenvalue weighted by Gasteiger charge is 2.20. The van der Waals surface area contributed by atoms with Crippen LogP contribution in [0.2, 0.25) is 0 Å². The molecule has 3 N–H and O–H groups in total. The first-order valence-corrected chi connectivity index (χ1v) is 6.23. The molecule has 3 aromatic rings. The van der Waals surface area contributed by atoms with E-state index in [9.17, 15) is 9.90 Å². The number of hydrogen-bond donors (Lipinski definition) is 3. The topological polar surface area (TPSA) is 78.0 Å². The van der Waals surface area contributed by atoms with Crippen LogP contribution in [0.4, 0.5) is 5.95 Å². The van der Waals surface area contributed by atoms with Crippen molar-refractivity contribution in [2.75, 3.05) is 5.32 Å². The fraction of sp³-hybridized carbons (Fsp3) is 0.0667. The molecule has 2 aromatic carbocycles. The summed E-state index contributed by atoms with van der Waals surface area (Å²) in [4.78, 5) is 18.8. The fourth-order valence-electron chi connectivity index (χ4n) is 2.09. The zero-order valence-corrected chi connectivity index (χ0v) is 10.6. The van der Waals surface area contributed by atoms with Crippen molar-refractivity contribution >= 4 is 23.0 Å². The molecule has 0 aliphatic heterocycles.